The highest BCUT2D eigenvalue weighted by Gasteiger charge is 2.24. The average Bonchev–Trinajstić information content (AvgIpc) is 3.15. The van der Waals surface area contributed by atoms with Gasteiger partial charge in [-0.15, -0.1) is 0 Å². The van der Waals surface area contributed by atoms with Gasteiger partial charge in [0.25, 0.3) is 0 Å². The summed E-state index contributed by atoms with van der Waals surface area (Å²) >= 11 is 0. The van der Waals surface area contributed by atoms with Gasteiger partial charge in [0.05, 0.1) is 6.10 Å². The summed E-state index contributed by atoms with van der Waals surface area (Å²) in [6, 6.07) is 13.8. The summed E-state index contributed by atoms with van der Waals surface area (Å²) in [5, 5.41) is 9.45. The molecule has 1 atom stereocenters. The van der Waals surface area contributed by atoms with Gasteiger partial charge in [-0.25, -0.2) is 0 Å². The third kappa shape index (κ3) is 3.34. The average molecular weight is 285 g/mol. The van der Waals surface area contributed by atoms with Crippen molar-refractivity contribution in [3.8, 4) is 11.3 Å². The van der Waals surface area contributed by atoms with Crippen molar-refractivity contribution in [3.63, 3.8) is 0 Å². The van der Waals surface area contributed by atoms with E-state index in [1.165, 1.54) is 0 Å². The number of hydrogen-bond donors (Lipinski definition) is 1. The minimum atomic E-state index is -0.359. The van der Waals surface area contributed by atoms with Gasteiger partial charge in [-0.3, -0.25) is 4.79 Å². The molecule has 110 valence electrons. The van der Waals surface area contributed by atoms with Crippen LogP contribution in [0.2, 0.25) is 0 Å². The molecule has 1 N–H and O–H groups in total. The van der Waals surface area contributed by atoms with Crippen LogP contribution in [-0.2, 0) is 11.2 Å². The van der Waals surface area contributed by atoms with E-state index in [4.69, 9.17) is 4.42 Å². The largest absolute Gasteiger partial charge is 0.461 e. The fourth-order valence-corrected chi connectivity index (χ4v) is 2.63. The monoisotopic (exact) mass is 285 g/mol. The number of aliphatic hydroxyl groups is 1. The van der Waals surface area contributed by atoms with Crippen LogP contribution in [0, 0.1) is 0 Å². The minimum Gasteiger partial charge on any atom is -0.461 e. The van der Waals surface area contributed by atoms with Crippen molar-refractivity contribution < 1.29 is 14.3 Å². The molecule has 0 spiro atoms. The quantitative estimate of drug-likeness (QED) is 0.939. The number of aryl methyl sites for hydroxylation is 1. The number of nitrogens with zero attached hydrogens (tertiary/aromatic N) is 1. The van der Waals surface area contributed by atoms with Crippen LogP contribution in [0.25, 0.3) is 11.3 Å². The van der Waals surface area contributed by atoms with Crippen LogP contribution in [-0.4, -0.2) is 35.1 Å². The molecule has 0 aliphatic carbocycles. The molecule has 1 aromatic carbocycles. The van der Waals surface area contributed by atoms with Crippen molar-refractivity contribution in [1.82, 2.24) is 4.90 Å². The van der Waals surface area contributed by atoms with Gasteiger partial charge in [0.15, 0.2) is 0 Å². The molecule has 1 fully saturated rings. The summed E-state index contributed by atoms with van der Waals surface area (Å²) in [6.45, 7) is 1.12. The van der Waals surface area contributed by atoms with Crippen molar-refractivity contribution in [1.29, 1.82) is 0 Å². The molecule has 3 rings (SSSR count). The van der Waals surface area contributed by atoms with Gasteiger partial charge in [-0.1, -0.05) is 30.3 Å². The van der Waals surface area contributed by atoms with Gasteiger partial charge < -0.3 is 14.4 Å². The molecule has 0 unspecified atom stereocenters. The topological polar surface area (TPSA) is 53.7 Å². The Hall–Kier alpha value is -2.07. The van der Waals surface area contributed by atoms with E-state index in [0.29, 0.717) is 32.4 Å². The van der Waals surface area contributed by atoms with Gasteiger partial charge in [-0.2, -0.15) is 0 Å². The lowest BCUT2D eigenvalue weighted by atomic mass is 10.2. The summed E-state index contributed by atoms with van der Waals surface area (Å²) in [4.78, 5) is 13.7. The lowest BCUT2D eigenvalue weighted by molar-refractivity contribution is -0.130. The number of hydrogen-bond acceptors (Lipinski definition) is 3. The summed E-state index contributed by atoms with van der Waals surface area (Å²) in [5.74, 6) is 1.74. The second kappa shape index (κ2) is 6.14. The van der Waals surface area contributed by atoms with Gasteiger partial charge in [-0.05, 0) is 18.6 Å². The Balaban J connectivity index is 1.57. The third-order valence-electron chi connectivity index (χ3n) is 3.82. The summed E-state index contributed by atoms with van der Waals surface area (Å²) < 4.78 is 5.78. The van der Waals surface area contributed by atoms with Crippen molar-refractivity contribution in [2.75, 3.05) is 13.1 Å². The maximum atomic E-state index is 12.0. The molecule has 0 bridgehead atoms. The van der Waals surface area contributed by atoms with Gasteiger partial charge >= 0.3 is 0 Å². The normalized spacial score (nSPS) is 18.1. The smallest absolute Gasteiger partial charge is 0.223 e. The third-order valence-corrected chi connectivity index (χ3v) is 3.82. The lowest BCUT2D eigenvalue weighted by Crippen LogP contribution is -2.29. The first-order chi connectivity index (χ1) is 10.2. The second-order valence-electron chi connectivity index (χ2n) is 5.41. The Morgan fingerprint density at radius 1 is 1.24 bits per heavy atom. The number of β-amino-alcohol motifs (C(OH)–C–C–N with tert-alkyl or cyclic N) is 1. The summed E-state index contributed by atoms with van der Waals surface area (Å²) in [5.41, 5.74) is 1.04. The molecule has 4 heteroatoms. The molecular formula is C17H19NO3. The van der Waals surface area contributed by atoms with Gasteiger partial charge in [0, 0.05) is 31.5 Å². The van der Waals surface area contributed by atoms with E-state index in [2.05, 4.69) is 0 Å². The maximum Gasteiger partial charge on any atom is 0.223 e. The Kier molecular flexibility index (Phi) is 4.06. The number of aliphatic hydroxyl groups excluding tert-OH is 1. The fraction of sp³-hybridized carbons (Fsp3) is 0.353. The van der Waals surface area contributed by atoms with Crippen LogP contribution in [0.1, 0.15) is 18.6 Å². The van der Waals surface area contributed by atoms with Crippen LogP contribution >= 0.6 is 0 Å². The first-order valence-electron chi connectivity index (χ1n) is 7.32. The van der Waals surface area contributed by atoms with Crippen molar-refractivity contribution >= 4 is 5.91 Å². The molecule has 1 aliphatic heterocycles. The highest BCUT2D eigenvalue weighted by Crippen LogP contribution is 2.22. The molecule has 4 nitrogen and oxygen atoms in total. The molecule has 0 saturated carbocycles. The van der Waals surface area contributed by atoms with E-state index in [9.17, 15) is 9.90 Å². The molecule has 1 aromatic heterocycles. The van der Waals surface area contributed by atoms with Crippen LogP contribution in [0.3, 0.4) is 0 Å². The van der Waals surface area contributed by atoms with E-state index >= 15 is 0 Å². The SMILES string of the molecule is O=C(CCc1ccc(-c2ccccc2)o1)N1CC[C@@H](O)C1. The Bertz CT molecular complexity index is 606. The minimum absolute atomic E-state index is 0.0872. The zero-order valence-electron chi connectivity index (χ0n) is 11.9. The first kappa shape index (κ1) is 13.9. The molecule has 1 aliphatic rings. The van der Waals surface area contributed by atoms with E-state index in [1.54, 1.807) is 4.90 Å². The number of amides is 1. The second-order valence-corrected chi connectivity index (χ2v) is 5.41. The zero-order valence-corrected chi connectivity index (χ0v) is 11.9. The van der Waals surface area contributed by atoms with E-state index < -0.39 is 0 Å². The standard InChI is InChI=1S/C17H19NO3/c19-14-10-11-18(12-14)17(20)9-7-15-6-8-16(21-15)13-4-2-1-3-5-13/h1-6,8,14,19H,7,9-12H2/t14-/m1/s1. The zero-order chi connectivity index (χ0) is 14.7. The van der Waals surface area contributed by atoms with E-state index in [1.807, 2.05) is 42.5 Å². The number of rotatable bonds is 4. The number of furan rings is 1. The lowest BCUT2D eigenvalue weighted by Gasteiger charge is -2.14. The summed E-state index contributed by atoms with van der Waals surface area (Å²) in [7, 11) is 0. The van der Waals surface area contributed by atoms with Gasteiger partial charge in [0.2, 0.25) is 5.91 Å². The molecule has 0 radical (unpaired) electrons. The number of carbonyl (C=O) groups excluding carboxylic acids is 1. The Morgan fingerprint density at radius 3 is 2.76 bits per heavy atom. The molecule has 2 heterocycles. The van der Waals surface area contributed by atoms with Crippen molar-refractivity contribution in [3.05, 3.63) is 48.2 Å². The number of benzene rings is 1. The van der Waals surface area contributed by atoms with E-state index in [0.717, 1.165) is 17.1 Å². The Labute approximate surface area is 124 Å². The molecule has 2 aromatic rings. The maximum absolute atomic E-state index is 12.0. The van der Waals surface area contributed by atoms with Crippen LogP contribution in [0.5, 0.6) is 0 Å². The molecule has 1 saturated heterocycles. The molecular weight excluding hydrogens is 266 g/mol. The highest BCUT2D eigenvalue weighted by molar-refractivity contribution is 5.76. The molecule has 1 amide bonds. The number of likely N-dealkylation sites (tertiary alicyclic amines) is 1. The van der Waals surface area contributed by atoms with Crippen molar-refractivity contribution in [2.24, 2.45) is 0 Å². The first-order valence-corrected chi connectivity index (χ1v) is 7.32. The highest BCUT2D eigenvalue weighted by atomic mass is 16.3. The van der Waals surface area contributed by atoms with Crippen LogP contribution < -0.4 is 0 Å². The molecule has 21 heavy (non-hydrogen) atoms. The summed E-state index contributed by atoms with van der Waals surface area (Å²) in [6.07, 6.45) is 1.35. The van der Waals surface area contributed by atoms with Crippen LogP contribution in [0.15, 0.2) is 46.9 Å². The van der Waals surface area contributed by atoms with Crippen molar-refractivity contribution in [2.45, 2.75) is 25.4 Å². The predicted molar refractivity (Wildman–Crippen MR) is 79.7 cm³/mol. The fourth-order valence-electron chi connectivity index (χ4n) is 2.63. The Morgan fingerprint density at radius 2 is 2.05 bits per heavy atom. The van der Waals surface area contributed by atoms with Crippen LogP contribution in [0.4, 0.5) is 0 Å². The number of carbonyl (C=O) groups is 1. The predicted octanol–water partition coefficient (Wildman–Crippen LogP) is 2.47. The van der Waals surface area contributed by atoms with E-state index in [-0.39, 0.29) is 12.0 Å². The van der Waals surface area contributed by atoms with Gasteiger partial charge in [0.1, 0.15) is 11.5 Å².